The number of anilines is 2. The van der Waals surface area contributed by atoms with Gasteiger partial charge in [-0.05, 0) is 29.3 Å². The van der Waals surface area contributed by atoms with Crippen molar-refractivity contribution in [2.24, 2.45) is 0 Å². The fraction of sp³-hybridized carbons (Fsp3) is 0.0968. The highest BCUT2D eigenvalue weighted by molar-refractivity contribution is 6.15. The Balaban J connectivity index is 1.46. The van der Waals surface area contributed by atoms with E-state index in [1.165, 1.54) is 0 Å². The van der Waals surface area contributed by atoms with E-state index in [1.807, 2.05) is 115 Å². The van der Waals surface area contributed by atoms with Gasteiger partial charge in [0.15, 0.2) is 0 Å². The molecule has 0 bridgehead atoms. The standard InChI is InChI=1S/C31H25N3O2/c35-29-25-17-7-9-19-27(25)32-31(34(29)22-24-14-5-2-6-15-24)26-18-8-10-20-28(26)33(30(31)36)21-11-16-23-12-3-1-4-13-23/h1-20,32H,21-22H2/b16-11+/t31-/m0/s1. The summed E-state index contributed by atoms with van der Waals surface area (Å²) < 4.78 is 0. The number of carbonyl (C=O) groups excluding carboxylic acids is 2. The Hall–Kier alpha value is -4.64. The average molecular weight is 472 g/mol. The molecule has 4 aromatic carbocycles. The summed E-state index contributed by atoms with van der Waals surface area (Å²) in [6.45, 7) is 0.692. The number of hydrogen-bond donors (Lipinski definition) is 1. The molecule has 0 aromatic heterocycles. The maximum Gasteiger partial charge on any atom is 0.279 e. The van der Waals surface area contributed by atoms with Crippen LogP contribution in [0.15, 0.2) is 115 Å². The molecule has 36 heavy (non-hydrogen) atoms. The van der Waals surface area contributed by atoms with Crippen LogP contribution >= 0.6 is 0 Å². The van der Waals surface area contributed by atoms with Crippen molar-refractivity contribution in [2.45, 2.75) is 12.2 Å². The van der Waals surface area contributed by atoms with E-state index in [1.54, 1.807) is 15.9 Å². The molecule has 4 aromatic rings. The lowest BCUT2D eigenvalue weighted by molar-refractivity contribution is -0.127. The average Bonchev–Trinajstić information content (AvgIpc) is 3.15. The molecular formula is C31H25N3O2. The topological polar surface area (TPSA) is 52.7 Å². The summed E-state index contributed by atoms with van der Waals surface area (Å²) >= 11 is 0. The van der Waals surface area contributed by atoms with Crippen molar-refractivity contribution in [1.82, 2.24) is 4.90 Å². The van der Waals surface area contributed by atoms with E-state index in [-0.39, 0.29) is 11.8 Å². The first-order valence-corrected chi connectivity index (χ1v) is 12.0. The number of nitrogens with zero attached hydrogens (tertiary/aromatic N) is 2. The molecule has 0 fully saturated rings. The summed E-state index contributed by atoms with van der Waals surface area (Å²) in [5, 5.41) is 3.51. The first-order chi connectivity index (χ1) is 17.7. The lowest BCUT2D eigenvalue weighted by Crippen LogP contribution is -2.62. The third kappa shape index (κ3) is 3.48. The zero-order valence-corrected chi connectivity index (χ0v) is 19.7. The quantitative estimate of drug-likeness (QED) is 0.408. The van der Waals surface area contributed by atoms with Crippen LogP contribution < -0.4 is 10.2 Å². The summed E-state index contributed by atoms with van der Waals surface area (Å²) in [6, 6.07) is 34.9. The van der Waals surface area contributed by atoms with E-state index in [0.29, 0.717) is 24.3 Å². The lowest BCUT2D eigenvalue weighted by atomic mass is 9.92. The maximum atomic E-state index is 14.4. The van der Waals surface area contributed by atoms with Gasteiger partial charge in [0.25, 0.3) is 11.8 Å². The number of fused-ring (bicyclic) bond motifs is 3. The predicted octanol–water partition coefficient (Wildman–Crippen LogP) is 5.67. The Labute approximate surface area is 210 Å². The van der Waals surface area contributed by atoms with E-state index in [4.69, 9.17) is 0 Å². The highest BCUT2D eigenvalue weighted by Crippen LogP contribution is 2.48. The molecule has 2 aliphatic heterocycles. The summed E-state index contributed by atoms with van der Waals surface area (Å²) in [5.41, 5.74) is 3.50. The van der Waals surface area contributed by atoms with Crippen molar-refractivity contribution >= 4 is 29.3 Å². The van der Waals surface area contributed by atoms with Crippen molar-refractivity contribution in [3.05, 3.63) is 138 Å². The van der Waals surface area contributed by atoms with Crippen molar-refractivity contribution in [3.8, 4) is 0 Å². The highest BCUT2D eigenvalue weighted by atomic mass is 16.2. The molecule has 2 aliphatic rings. The van der Waals surface area contributed by atoms with Gasteiger partial charge in [-0.15, -0.1) is 0 Å². The Morgan fingerprint density at radius 1 is 0.750 bits per heavy atom. The van der Waals surface area contributed by atoms with E-state index in [0.717, 1.165) is 22.4 Å². The van der Waals surface area contributed by atoms with E-state index < -0.39 is 5.66 Å². The number of nitrogens with one attached hydrogen (secondary N) is 1. The van der Waals surface area contributed by atoms with E-state index >= 15 is 0 Å². The van der Waals surface area contributed by atoms with Gasteiger partial charge in [0.2, 0.25) is 5.66 Å². The molecule has 1 N–H and O–H groups in total. The van der Waals surface area contributed by atoms with Crippen LogP contribution in [0.1, 0.15) is 27.0 Å². The van der Waals surface area contributed by atoms with E-state index in [9.17, 15) is 9.59 Å². The van der Waals surface area contributed by atoms with Gasteiger partial charge >= 0.3 is 0 Å². The summed E-state index contributed by atoms with van der Waals surface area (Å²) in [6.07, 6.45) is 4.00. The van der Waals surface area contributed by atoms with Gasteiger partial charge in [0.05, 0.1) is 11.3 Å². The van der Waals surface area contributed by atoms with Crippen molar-refractivity contribution in [1.29, 1.82) is 0 Å². The molecule has 1 spiro atoms. The predicted molar refractivity (Wildman–Crippen MR) is 142 cm³/mol. The van der Waals surface area contributed by atoms with Crippen LogP contribution in [0.4, 0.5) is 11.4 Å². The SMILES string of the molecule is O=C1c2ccccc2N[C@]2(C(=O)N(C/C=C/c3ccccc3)c3ccccc32)N1Cc1ccccc1. The molecule has 6 rings (SSSR count). The first kappa shape index (κ1) is 21.9. The largest absolute Gasteiger partial charge is 0.350 e. The Kier molecular flexibility index (Phi) is 5.38. The normalized spacial score (nSPS) is 18.4. The van der Waals surface area contributed by atoms with Crippen LogP contribution in [0.25, 0.3) is 6.08 Å². The van der Waals surface area contributed by atoms with Crippen LogP contribution in [-0.4, -0.2) is 23.3 Å². The van der Waals surface area contributed by atoms with Crippen LogP contribution in [0.5, 0.6) is 0 Å². The number of benzene rings is 4. The molecular weight excluding hydrogens is 446 g/mol. The van der Waals surface area contributed by atoms with Gasteiger partial charge in [-0.1, -0.05) is 103 Å². The van der Waals surface area contributed by atoms with Crippen LogP contribution in [0, 0.1) is 0 Å². The van der Waals surface area contributed by atoms with Gasteiger partial charge in [-0.3, -0.25) is 14.5 Å². The van der Waals surface area contributed by atoms with Gasteiger partial charge in [-0.2, -0.15) is 0 Å². The molecule has 1 atom stereocenters. The zero-order valence-electron chi connectivity index (χ0n) is 19.7. The van der Waals surface area contributed by atoms with Gasteiger partial charge in [0, 0.05) is 24.3 Å². The second kappa shape index (κ2) is 8.86. The maximum absolute atomic E-state index is 14.4. The number of carbonyl (C=O) groups is 2. The second-order valence-corrected chi connectivity index (χ2v) is 9.00. The Morgan fingerprint density at radius 3 is 2.22 bits per heavy atom. The molecule has 176 valence electrons. The molecule has 0 radical (unpaired) electrons. The molecule has 2 heterocycles. The van der Waals surface area contributed by atoms with Crippen LogP contribution in [0.3, 0.4) is 0 Å². The third-order valence-corrected chi connectivity index (χ3v) is 6.84. The zero-order chi connectivity index (χ0) is 24.5. The summed E-state index contributed by atoms with van der Waals surface area (Å²) in [7, 11) is 0. The van der Waals surface area contributed by atoms with Crippen LogP contribution in [0.2, 0.25) is 0 Å². The monoisotopic (exact) mass is 471 g/mol. The fourth-order valence-electron chi connectivity index (χ4n) is 5.15. The second-order valence-electron chi connectivity index (χ2n) is 9.00. The fourth-order valence-corrected chi connectivity index (χ4v) is 5.15. The van der Waals surface area contributed by atoms with Crippen molar-refractivity contribution in [2.75, 3.05) is 16.8 Å². The molecule has 5 heteroatoms. The molecule has 0 unspecified atom stereocenters. The van der Waals surface area contributed by atoms with Crippen molar-refractivity contribution < 1.29 is 9.59 Å². The Morgan fingerprint density at radius 2 is 1.42 bits per heavy atom. The number of hydrogen-bond acceptors (Lipinski definition) is 3. The number of rotatable bonds is 5. The highest BCUT2D eigenvalue weighted by Gasteiger charge is 2.58. The molecule has 0 saturated heterocycles. The van der Waals surface area contributed by atoms with Gasteiger partial charge < -0.3 is 10.2 Å². The summed E-state index contributed by atoms with van der Waals surface area (Å²) in [4.78, 5) is 31.8. The number of para-hydroxylation sites is 2. The minimum atomic E-state index is -1.33. The van der Waals surface area contributed by atoms with Crippen molar-refractivity contribution in [3.63, 3.8) is 0 Å². The molecule has 0 aliphatic carbocycles. The van der Waals surface area contributed by atoms with Crippen LogP contribution in [-0.2, 0) is 17.0 Å². The summed E-state index contributed by atoms with van der Waals surface area (Å²) in [5.74, 6) is -0.335. The lowest BCUT2D eigenvalue weighted by Gasteiger charge is -2.45. The van der Waals surface area contributed by atoms with Gasteiger partial charge in [0.1, 0.15) is 0 Å². The Bertz CT molecular complexity index is 1470. The molecule has 2 amide bonds. The minimum absolute atomic E-state index is 0.166. The van der Waals surface area contributed by atoms with Gasteiger partial charge in [-0.25, -0.2) is 0 Å². The minimum Gasteiger partial charge on any atom is -0.350 e. The molecule has 0 saturated carbocycles. The smallest absolute Gasteiger partial charge is 0.279 e. The van der Waals surface area contributed by atoms with E-state index in [2.05, 4.69) is 5.32 Å². The molecule has 5 nitrogen and oxygen atoms in total. The first-order valence-electron chi connectivity index (χ1n) is 12.0. The third-order valence-electron chi connectivity index (χ3n) is 6.84. The number of amides is 2.